The Hall–Kier alpha value is -1.88. The molecule has 5 heteroatoms. The number of pyridine rings is 1. The lowest BCUT2D eigenvalue weighted by Gasteiger charge is -2.22. The molecule has 0 atom stereocenters. The largest absolute Gasteiger partial charge is 0.495 e. The molecule has 0 bridgehead atoms. The van der Waals surface area contributed by atoms with Crippen LogP contribution in [0.5, 0.6) is 5.75 Å². The third-order valence-corrected chi connectivity index (χ3v) is 3.95. The Bertz CT molecular complexity index is 735. The van der Waals surface area contributed by atoms with Gasteiger partial charge in [-0.15, -0.1) is 0 Å². The number of ether oxygens (including phenoxy) is 1. The van der Waals surface area contributed by atoms with Crippen LogP contribution in [0.4, 0.5) is 0 Å². The first-order valence-corrected chi connectivity index (χ1v) is 7.22. The molecule has 0 aliphatic rings. The number of aromatic amines is 1. The second kappa shape index (κ2) is 5.85. The van der Waals surface area contributed by atoms with Crippen LogP contribution in [-0.2, 0) is 10.2 Å². The fourth-order valence-corrected chi connectivity index (χ4v) is 2.77. The van der Waals surface area contributed by atoms with Crippen molar-refractivity contribution in [1.29, 1.82) is 0 Å². The molecule has 1 N–H and O–H groups in total. The number of methoxy groups -OCH3 is 1. The maximum Gasteiger partial charge on any atom is 0.255 e. The molecule has 2 aromatic rings. The molecular formula is C16H16BrNO3. The van der Waals surface area contributed by atoms with Crippen LogP contribution in [0.25, 0.3) is 11.1 Å². The van der Waals surface area contributed by atoms with E-state index in [1.54, 1.807) is 25.4 Å². The van der Waals surface area contributed by atoms with Crippen molar-refractivity contribution in [3.8, 4) is 16.9 Å². The topological polar surface area (TPSA) is 59.2 Å². The molecule has 0 amide bonds. The Labute approximate surface area is 131 Å². The van der Waals surface area contributed by atoms with Crippen LogP contribution in [0.15, 0.2) is 39.7 Å². The fraction of sp³-hybridized carbons (Fsp3) is 0.250. The standard InChI is InChI=1S/C16H16BrNO3/c1-16(2,9-19)12-7-10(8-13(17)14(12)21-3)11-5-4-6-18-15(11)20/h4-9H,1-3H3,(H,18,20). The Morgan fingerprint density at radius 1 is 1.33 bits per heavy atom. The van der Waals surface area contributed by atoms with Gasteiger partial charge in [-0.05, 0) is 59.6 Å². The lowest BCUT2D eigenvalue weighted by Crippen LogP contribution is -2.20. The van der Waals surface area contributed by atoms with Crippen molar-refractivity contribution in [3.05, 3.63) is 50.9 Å². The van der Waals surface area contributed by atoms with E-state index in [0.29, 0.717) is 15.8 Å². The molecule has 0 fully saturated rings. The number of hydrogen-bond acceptors (Lipinski definition) is 3. The van der Waals surface area contributed by atoms with Crippen molar-refractivity contribution in [1.82, 2.24) is 4.98 Å². The molecular weight excluding hydrogens is 334 g/mol. The number of carbonyl (C=O) groups is 1. The fourth-order valence-electron chi connectivity index (χ4n) is 2.15. The summed E-state index contributed by atoms with van der Waals surface area (Å²) in [6.07, 6.45) is 2.46. The van der Waals surface area contributed by atoms with E-state index in [2.05, 4.69) is 20.9 Å². The predicted molar refractivity (Wildman–Crippen MR) is 85.8 cm³/mol. The first-order valence-electron chi connectivity index (χ1n) is 6.43. The lowest BCUT2D eigenvalue weighted by atomic mass is 9.84. The van der Waals surface area contributed by atoms with Gasteiger partial charge in [-0.1, -0.05) is 0 Å². The molecule has 0 aliphatic heterocycles. The quantitative estimate of drug-likeness (QED) is 0.861. The van der Waals surface area contributed by atoms with Crippen molar-refractivity contribution in [2.75, 3.05) is 7.11 Å². The average Bonchev–Trinajstić information content (AvgIpc) is 2.47. The van der Waals surface area contributed by atoms with E-state index in [1.807, 2.05) is 26.0 Å². The third-order valence-electron chi connectivity index (χ3n) is 3.37. The molecule has 1 heterocycles. The van der Waals surface area contributed by atoms with Gasteiger partial charge in [-0.3, -0.25) is 4.79 Å². The summed E-state index contributed by atoms with van der Waals surface area (Å²) in [5.41, 5.74) is 1.11. The van der Waals surface area contributed by atoms with Gasteiger partial charge in [0.2, 0.25) is 0 Å². The van der Waals surface area contributed by atoms with Gasteiger partial charge in [-0.2, -0.15) is 0 Å². The van der Waals surface area contributed by atoms with Gasteiger partial charge in [0.05, 0.1) is 11.6 Å². The Kier molecular flexibility index (Phi) is 4.32. The van der Waals surface area contributed by atoms with Crippen LogP contribution in [0.1, 0.15) is 19.4 Å². The van der Waals surface area contributed by atoms with E-state index in [4.69, 9.17) is 4.74 Å². The molecule has 1 aromatic heterocycles. The van der Waals surface area contributed by atoms with Gasteiger partial charge in [0.25, 0.3) is 5.56 Å². The first-order chi connectivity index (χ1) is 9.90. The smallest absolute Gasteiger partial charge is 0.255 e. The molecule has 0 spiro atoms. The summed E-state index contributed by atoms with van der Waals surface area (Å²) < 4.78 is 6.10. The van der Waals surface area contributed by atoms with Gasteiger partial charge >= 0.3 is 0 Å². The Morgan fingerprint density at radius 2 is 2.05 bits per heavy atom. The molecule has 0 saturated carbocycles. The van der Waals surface area contributed by atoms with Gasteiger partial charge in [-0.25, -0.2) is 0 Å². The van der Waals surface area contributed by atoms with Crippen LogP contribution in [-0.4, -0.2) is 18.4 Å². The van der Waals surface area contributed by atoms with Crippen molar-refractivity contribution < 1.29 is 9.53 Å². The van der Waals surface area contributed by atoms with Crippen LogP contribution >= 0.6 is 15.9 Å². The summed E-state index contributed by atoms with van der Waals surface area (Å²) in [7, 11) is 1.56. The number of nitrogens with one attached hydrogen (secondary N) is 1. The van der Waals surface area contributed by atoms with Gasteiger partial charge in [0.15, 0.2) is 0 Å². The molecule has 0 saturated heterocycles. The van der Waals surface area contributed by atoms with Gasteiger partial charge in [0, 0.05) is 22.7 Å². The lowest BCUT2D eigenvalue weighted by molar-refractivity contribution is -0.111. The van der Waals surface area contributed by atoms with Gasteiger partial charge in [0.1, 0.15) is 12.0 Å². The van der Waals surface area contributed by atoms with Crippen molar-refractivity contribution in [2.24, 2.45) is 0 Å². The van der Waals surface area contributed by atoms with E-state index >= 15 is 0 Å². The summed E-state index contributed by atoms with van der Waals surface area (Å²) in [5, 5.41) is 0. The number of hydrogen-bond donors (Lipinski definition) is 1. The molecule has 2 rings (SSSR count). The second-order valence-electron chi connectivity index (χ2n) is 5.29. The van der Waals surface area contributed by atoms with Gasteiger partial charge < -0.3 is 14.5 Å². The highest BCUT2D eigenvalue weighted by Gasteiger charge is 2.26. The Balaban J connectivity index is 2.75. The second-order valence-corrected chi connectivity index (χ2v) is 6.15. The number of rotatable bonds is 4. The summed E-state index contributed by atoms with van der Waals surface area (Å²) in [6, 6.07) is 7.14. The summed E-state index contributed by atoms with van der Waals surface area (Å²) in [6.45, 7) is 3.62. The van der Waals surface area contributed by atoms with Crippen molar-refractivity contribution in [2.45, 2.75) is 19.3 Å². The van der Waals surface area contributed by atoms with Crippen molar-refractivity contribution >= 4 is 22.2 Å². The monoisotopic (exact) mass is 349 g/mol. The molecule has 0 radical (unpaired) electrons. The van der Waals surface area contributed by atoms with E-state index < -0.39 is 5.41 Å². The minimum Gasteiger partial charge on any atom is -0.495 e. The van der Waals surface area contributed by atoms with Crippen LogP contribution in [0, 0.1) is 0 Å². The number of aldehydes is 1. The predicted octanol–water partition coefficient (Wildman–Crippen LogP) is 3.29. The summed E-state index contributed by atoms with van der Waals surface area (Å²) in [5.74, 6) is 0.600. The number of benzene rings is 1. The minimum atomic E-state index is -0.717. The molecule has 21 heavy (non-hydrogen) atoms. The Morgan fingerprint density at radius 3 is 2.62 bits per heavy atom. The average molecular weight is 350 g/mol. The van der Waals surface area contributed by atoms with Crippen LogP contribution in [0.3, 0.4) is 0 Å². The number of aromatic nitrogens is 1. The summed E-state index contributed by atoms with van der Waals surface area (Å²) >= 11 is 3.45. The molecule has 4 nitrogen and oxygen atoms in total. The molecule has 110 valence electrons. The number of carbonyl (C=O) groups excluding carboxylic acids is 1. The minimum absolute atomic E-state index is 0.176. The SMILES string of the molecule is COc1c(Br)cc(-c2ccc[nH]c2=O)cc1C(C)(C)C=O. The highest BCUT2D eigenvalue weighted by atomic mass is 79.9. The third kappa shape index (κ3) is 2.93. The van der Waals surface area contributed by atoms with Crippen LogP contribution < -0.4 is 10.3 Å². The van der Waals surface area contributed by atoms with Crippen LogP contribution in [0.2, 0.25) is 0 Å². The maximum atomic E-state index is 11.9. The summed E-state index contributed by atoms with van der Waals surface area (Å²) in [4.78, 5) is 26.0. The van der Waals surface area contributed by atoms with E-state index in [9.17, 15) is 9.59 Å². The van der Waals surface area contributed by atoms with E-state index in [1.165, 1.54) is 0 Å². The highest BCUT2D eigenvalue weighted by molar-refractivity contribution is 9.10. The normalized spacial score (nSPS) is 11.2. The zero-order valence-corrected chi connectivity index (χ0v) is 13.7. The van der Waals surface area contributed by atoms with Crippen molar-refractivity contribution in [3.63, 3.8) is 0 Å². The zero-order valence-electron chi connectivity index (χ0n) is 12.1. The number of halogens is 1. The zero-order chi connectivity index (χ0) is 15.6. The molecule has 0 aliphatic carbocycles. The number of H-pyrrole nitrogens is 1. The van der Waals surface area contributed by atoms with E-state index in [-0.39, 0.29) is 5.56 Å². The molecule has 0 unspecified atom stereocenters. The molecule has 1 aromatic carbocycles. The van der Waals surface area contributed by atoms with E-state index in [0.717, 1.165) is 17.4 Å². The first kappa shape index (κ1) is 15.5. The maximum absolute atomic E-state index is 11.9. The highest BCUT2D eigenvalue weighted by Crippen LogP contribution is 2.39.